The highest BCUT2D eigenvalue weighted by atomic mass is 16.6. The molecule has 0 aromatic heterocycles. The van der Waals surface area contributed by atoms with Crippen LogP contribution in [0, 0.1) is 6.92 Å². The molecule has 3 aromatic rings. The molecule has 0 aliphatic rings. The van der Waals surface area contributed by atoms with Crippen molar-refractivity contribution in [2.45, 2.75) is 39.2 Å². The predicted molar refractivity (Wildman–Crippen MR) is 149 cm³/mol. The lowest BCUT2D eigenvalue weighted by Gasteiger charge is -2.23. The number of hydrogen-bond donors (Lipinski definition) is 1. The second-order valence-corrected chi connectivity index (χ2v) is 9.08. The first-order valence-electron chi connectivity index (χ1n) is 13.1. The number of nitrogens with zero attached hydrogens (tertiary/aromatic N) is 1. The van der Waals surface area contributed by atoms with Gasteiger partial charge in [-0.15, -0.1) is 0 Å². The normalized spacial score (nSPS) is 11.5. The van der Waals surface area contributed by atoms with E-state index < -0.39 is 18.2 Å². The summed E-state index contributed by atoms with van der Waals surface area (Å²) >= 11 is 0. The Morgan fingerprint density at radius 3 is 2.33 bits per heavy atom. The molecule has 0 radical (unpaired) electrons. The summed E-state index contributed by atoms with van der Waals surface area (Å²) in [5, 5.41) is 9.30. The number of hydrogen-bond acceptors (Lipinski definition) is 6. The Balaban J connectivity index is 1.60. The molecule has 208 valence electrons. The zero-order valence-corrected chi connectivity index (χ0v) is 22.8. The van der Waals surface area contributed by atoms with Gasteiger partial charge in [0.1, 0.15) is 12.4 Å². The van der Waals surface area contributed by atoms with Crippen LogP contribution < -0.4 is 14.2 Å². The molecule has 3 rings (SSSR count). The van der Waals surface area contributed by atoms with Gasteiger partial charge in [-0.1, -0.05) is 48.5 Å². The second-order valence-electron chi connectivity index (χ2n) is 9.08. The van der Waals surface area contributed by atoms with Crippen molar-refractivity contribution in [1.82, 2.24) is 4.90 Å². The fourth-order valence-corrected chi connectivity index (χ4v) is 4.06. The molecule has 0 spiro atoms. The van der Waals surface area contributed by atoms with E-state index in [1.807, 2.05) is 43.3 Å². The first-order chi connectivity index (χ1) is 18.9. The van der Waals surface area contributed by atoms with E-state index in [0.29, 0.717) is 36.9 Å². The highest BCUT2D eigenvalue weighted by Crippen LogP contribution is 2.28. The topological polar surface area (TPSA) is 94.5 Å². The van der Waals surface area contributed by atoms with Gasteiger partial charge in [0.2, 0.25) is 0 Å². The Morgan fingerprint density at radius 1 is 0.923 bits per heavy atom. The van der Waals surface area contributed by atoms with Crippen LogP contribution in [0.25, 0.3) is 0 Å². The van der Waals surface area contributed by atoms with Gasteiger partial charge >= 0.3 is 12.1 Å². The molecule has 0 aliphatic carbocycles. The van der Waals surface area contributed by atoms with Crippen LogP contribution in [-0.4, -0.2) is 61.6 Å². The van der Waals surface area contributed by atoms with Crippen molar-refractivity contribution in [3.63, 3.8) is 0 Å². The molecular weight excluding hydrogens is 498 g/mol. The largest absolute Gasteiger partial charge is 0.493 e. The summed E-state index contributed by atoms with van der Waals surface area (Å²) in [6.45, 7) is 5.12. The van der Waals surface area contributed by atoms with Crippen LogP contribution in [-0.2, 0) is 22.4 Å². The minimum absolute atomic E-state index is 0.265. The van der Waals surface area contributed by atoms with Gasteiger partial charge in [0.15, 0.2) is 17.6 Å². The number of carbonyl (C=O) groups excluding carboxylic acids is 1. The van der Waals surface area contributed by atoms with Crippen LogP contribution in [0.4, 0.5) is 4.79 Å². The third-order valence-electron chi connectivity index (χ3n) is 6.13. The quantitative estimate of drug-likeness (QED) is 0.273. The average molecular weight is 536 g/mol. The molecule has 8 heteroatoms. The van der Waals surface area contributed by atoms with Gasteiger partial charge in [-0.25, -0.2) is 9.59 Å². The van der Waals surface area contributed by atoms with E-state index in [1.54, 1.807) is 36.1 Å². The molecule has 0 heterocycles. The molecule has 1 atom stereocenters. The smallest absolute Gasteiger partial charge is 0.415 e. The van der Waals surface area contributed by atoms with Crippen molar-refractivity contribution in [3.8, 4) is 17.2 Å². The van der Waals surface area contributed by atoms with Crippen molar-refractivity contribution >= 4 is 12.1 Å². The van der Waals surface area contributed by atoms with Crippen molar-refractivity contribution in [2.75, 3.05) is 33.4 Å². The Labute approximate surface area is 230 Å². The number of rotatable bonds is 15. The van der Waals surface area contributed by atoms with Crippen LogP contribution in [0.3, 0.4) is 0 Å². The van der Waals surface area contributed by atoms with Gasteiger partial charge in [-0.3, -0.25) is 0 Å². The average Bonchev–Trinajstić information content (AvgIpc) is 2.93. The van der Waals surface area contributed by atoms with Gasteiger partial charge in [0.25, 0.3) is 0 Å². The summed E-state index contributed by atoms with van der Waals surface area (Å²) in [5.74, 6) is 0.502. The molecule has 0 fully saturated rings. The fourth-order valence-electron chi connectivity index (χ4n) is 4.06. The monoisotopic (exact) mass is 535 g/mol. The zero-order chi connectivity index (χ0) is 28.0. The summed E-state index contributed by atoms with van der Waals surface area (Å²) in [5.41, 5.74) is 3.00. The lowest BCUT2D eigenvalue weighted by atomic mass is 10.1. The van der Waals surface area contributed by atoms with Crippen LogP contribution >= 0.6 is 0 Å². The van der Waals surface area contributed by atoms with Gasteiger partial charge in [0.05, 0.1) is 13.7 Å². The van der Waals surface area contributed by atoms with E-state index in [1.165, 1.54) is 12.7 Å². The highest BCUT2D eigenvalue weighted by Gasteiger charge is 2.19. The van der Waals surface area contributed by atoms with E-state index in [4.69, 9.17) is 18.9 Å². The molecular formula is C31H37NO7. The minimum Gasteiger partial charge on any atom is -0.493 e. The zero-order valence-electron chi connectivity index (χ0n) is 22.8. The highest BCUT2D eigenvalue weighted by molar-refractivity contribution is 5.73. The van der Waals surface area contributed by atoms with E-state index >= 15 is 0 Å². The Hall–Kier alpha value is -4.04. The number of carboxylic acid groups (broad SMARTS) is 1. The summed E-state index contributed by atoms with van der Waals surface area (Å²) < 4.78 is 22.3. The maximum atomic E-state index is 13.2. The standard InChI is InChI=1S/C31H37NO7/c1-4-37-29(30(33)34)22-25-13-15-26(16-14-25)38-20-19-32(18-8-11-24-9-6-5-7-10-24)31(35)39-28-21-23(2)12-17-27(28)36-3/h5-7,9-10,12-17,21,29H,4,8,11,18-20,22H2,1-3H3,(H,33,34). The van der Waals surface area contributed by atoms with Crippen LogP contribution in [0.1, 0.15) is 30.0 Å². The third-order valence-corrected chi connectivity index (χ3v) is 6.13. The first-order valence-corrected chi connectivity index (χ1v) is 13.1. The SMILES string of the molecule is CCOC(Cc1ccc(OCCN(CCCc2ccccc2)C(=O)Oc2cc(C)ccc2OC)cc1)C(=O)O. The molecule has 0 bridgehead atoms. The number of benzene rings is 3. The summed E-state index contributed by atoms with van der Waals surface area (Å²) in [7, 11) is 1.54. The minimum atomic E-state index is -0.986. The lowest BCUT2D eigenvalue weighted by molar-refractivity contribution is -0.149. The number of ether oxygens (including phenoxy) is 4. The third kappa shape index (κ3) is 9.65. The molecule has 1 N–H and O–H groups in total. The van der Waals surface area contributed by atoms with Crippen LogP contribution in [0.5, 0.6) is 17.2 Å². The molecule has 0 aliphatic heterocycles. The fraction of sp³-hybridized carbons (Fsp3) is 0.355. The van der Waals surface area contributed by atoms with E-state index in [2.05, 4.69) is 12.1 Å². The van der Waals surface area contributed by atoms with Crippen molar-refractivity contribution in [2.24, 2.45) is 0 Å². The van der Waals surface area contributed by atoms with Crippen molar-refractivity contribution < 1.29 is 33.6 Å². The second kappa shape index (κ2) is 15.4. The van der Waals surface area contributed by atoms with E-state index in [9.17, 15) is 14.7 Å². The number of carbonyl (C=O) groups is 2. The van der Waals surface area contributed by atoms with E-state index in [0.717, 1.165) is 24.0 Å². The molecule has 39 heavy (non-hydrogen) atoms. The van der Waals surface area contributed by atoms with Crippen LogP contribution in [0.2, 0.25) is 0 Å². The maximum Gasteiger partial charge on any atom is 0.415 e. The number of methoxy groups -OCH3 is 1. The molecule has 1 amide bonds. The number of amides is 1. The summed E-state index contributed by atoms with van der Waals surface area (Å²) in [4.78, 5) is 26.1. The molecule has 0 saturated carbocycles. The molecule has 8 nitrogen and oxygen atoms in total. The first kappa shape index (κ1) is 29.5. The van der Waals surface area contributed by atoms with E-state index in [-0.39, 0.29) is 13.0 Å². The Morgan fingerprint density at radius 2 is 1.67 bits per heavy atom. The summed E-state index contributed by atoms with van der Waals surface area (Å²) in [6.07, 6.45) is 0.515. The van der Waals surface area contributed by atoms with Gasteiger partial charge < -0.3 is 29.0 Å². The van der Waals surface area contributed by atoms with Crippen LogP contribution in [0.15, 0.2) is 72.8 Å². The lowest BCUT2D eigenvalue weighted by Crippen LogP contribution is -2.37. The molecule has 3 aromatic carbocycles. The van der Waals surface area contributed by atoms with Gasteiger partial charge in [-0.05, 0) is 67.6 Å². The Kier molecular flexibility index (Phi) is 11.6. The summed E-state index contributed by atoms with van der Waals surface area (Å²) in [6, 6.07) is 22.8. The number of aliphatic carboxylic acids is 1. The predicted octanol–water partition coefficient (Wildman–Crippen LogP) is 5.55. The maximum absolute atomic E-state index is 13.2. The number of carboxylic acids is 1. The molecule has 0 saturated heterocycles. The Bertz CT molecular complexity index is 1180. The van der Waals surface area contributed by atoms with Crippen molar-refractivity contribution in [3.05, 3.63) is 89.5 Å². The van der Waals surface area contributed by atoms with Gasteiger partial charge in [-0.2, -0.15) is 0 Å². The number of aryl methyl sites for hydroxylation is 2. The van der Waals surface area contributed by atoms with Crippen molar-refractivity contribution in [1.29, 1.82) is 0 Å². The van der Waals surface area contributed by atoms with Gasteiger partial charge in [0, 0.05) is 19.6 Å². The molecule has 1 unspecified atom stereocenters.